The van der Waals surface area contributed by atoms with Gasteiger partial charge in [-0.3, -0.25) is 9.78 Å². The van der Waals surface area contributed by atoms with Gasteiger partial charge < -0.3 is 10.6 Å². The van der Waals surface area contributed by atoms with Crippen molar-refractivity contribution in [3.63, 3.8) is 0 Å². The van der Waals surface area contributed by atoms with Crippen LogP contribution in [0.1, 0.15) is 16.1 Å². The third-order valence-corrected chi connectivity index (χ3v) is 2.12. The molecule has 0 atom stereocenters. The lowest BCUT2D eigenvalue weighted by molar-refractivity contribution is -0.137. The summed E-state index contributed by atoms with van der Waals surface area (Å²) in [6.45, 7) is 0.602. The van der Waals surface area contributed by atoms with Gasteiger partial charge in [0.15, 0.2) is 0 Å². The van der Waals surface area contributed by atoms with Crippen LogP contribution in [0.5, 0.6) is 0 Å². The minimum absolute atomic E-state index is 0.0334. The standard InChI is InChI=1S/C10H12F3N3O/c1-16(5-4-14)9(17)8-3-2-7(6-15-8)10(11,12)13/h2-3,6H,4-5,14H2,1H3. The largest absolute Gasteiger partial charge is 0.417 e. The van der Waals surface area contributed by atoms with Crippen LogP contribution in [0, 0.1) is 0 Å². The highest BCUT2D eigenvalue weighted by Gasteiger charge is 2.31. The number of carbonyl (C=O) groups is 1. The molecule has 1 aromatic heterocycles. The molecule has 94 valence electrons. The molecule has 0 unspecified atom stereocenters. The van der Waals surface area contributed by atoms with Crippen molar-refractivity contribution in [2.75, 3.05) is 20.1 Å². The third-order valence-electron chi connectivity index (χ3n) is 2.12. The highest BCUT2D eigenvalue weighted by Crippen LogP contribution is 2.28. The summed E-state index contributed by atoms with van der Waals surface area (Å²) >= 11 is 0. The highest BCUT2D eigenvalue weighted by atomic mass is 19.4. The molecule has 0 saturated heterocycles. The molecule has 7 heteroatoms. The molecule has 0 fully saturated rings. The first-order valence-electron chi connectivity index (χ1n) is 4.85. The number of nitrogens with zero attached hydrogens (tertiary/aromatic N) is 2. The maximum Gasteiger partial charge on any atom is 0.417 e. The van der Waals surface area contributed by atoms with E-state index in [1.807, 2.05) is 0 Å². The first-order chi connectivity index (χ1) is 7.86. The van der Waals surface area contributed by atoms with Gasteiger partial charge in [-0.05, 0) is 12.1 Å². The van der Waals surface area contributed by atoms with Crippen molar-refractivity contribution in [2.45, 2.75) is 6.18 Å². The van der Waals surface area contributed by atoms with E-state index < -0.39 is 17.6 Å². The Morgan fingerprint density at radius 1 is 1.47 bits per heavy atom. The number of carbonyl (C=O) groups excluding carboxylic acids is 1. The van der Waals surface area contributed by atoms with Crippen molar-refractivity contribution in [3.8, 4) is 0 Å². The molecule has 0 aliphatic rings. The summed E-state index contributed by atoms with van der Waals surface area (Å²) < 4.78 is 36.7. The van der Waals surface area contributed by atoms with Crippen molar-refractivity contribution < 1.29 is 18.0 Å². The molecule has 1 aromatic rings. The zero-order chi connectivity index (χ0) is 13.1. The van der Waals surface area contributed by atoms with E-state index in [0.717, 1.165) is 12.1 Å². The quantitative estimate of drug-likeness (QED) is 0.871. The Bertz CT molecular complexity index is 389. The van der Waals surface area contributed by atoms with Gasteiger partial charge in [0.05, 0.1) is 5.56 Å². The van der Waals surface area contributed by atoms with Gasteiger partial charge in [-0.1, -0.05) is 0 Å². The Morgan fingerprint density at radius 2 is 2.12 bits per heavy atom. The van der Waals surface area contributed by atoms with Crippen LogP contribution in [0.3, 0.4) is 0 Å². The number of rotatable bonds is 3. The van der Waals surface area contributed by atoms with Crippen molar-refractivity contribution in [2.24, 2.45) is 5.73 Å². The maximum absolute atomic E-state index is 12.2. The van der Waals surface area contributed by atoms with Crippen molar-refractivity contribution in [1.29, 1.82) is 0 Å². The molecule has 0 aliphatic carbocycles. The van der Waals surface area contributed by atoms with E-state index in [9.17, 15) is 18.0 Å². The van der Waals surface area contributed by atoms with E-state index in [-0.39, 0.29) is 12.2 Å². The van der Waals surface area contributed by atoms with Crippen LogP contribution >= 0.6 is 0 Å². The van der Waals surface area contributed by atoms with E-state index in [4.69, 9.17) is 5.73 Å². The topological polar surface area (TPSA) is 59.2 Å². The second-order valence-electron chi connectivity index (χ2n) is 3.45. The van der Waals surface area contributed by atoms with Crippen LogP contribution in [0.2, 0.25) is 0 Å². The second-order valence-corrected chi connectivity index (χ2v) is 3.45. The normalized spacial score (nSPS) is 11.4. The number of alkyl halides is 3. The third kappa shape index (κ3) is 3.42. The maximum atomic E-state index is 12.2. The number of nitrogens with two attached hydrogens (primary N) is 1. The lowest BCUT2D eigenvalue weighted by Gasteiger charge is -2.15. The average molecular weight is 247 g/mol. The number of halogens is 3. The molecule has 0 aliphatic heterocycles. The zero-order valence-electron chi connectivity index (χ0n) is 9.16. The molecule has 1 heterocycles. The Hall–Kier alpha value is -1.63. The Morgan fingerprint density at radius 3 is 2.53 bits per heavy atom. The van der Waals surface area contributed by atoms with Crippen molar-refractivity contribution >= 4 is 5.91 Å². The Kier molecular flexibility index (Phi) is 4.06. The molecule has 0 saturated carbocycles. The van der Waals surface area contributed by atoms with Crippen molar-refractivity contribution in [1.82, 2.24) is 9.88 Å². The fourth-order valence-electron chi connectivity index (χ4n) is 1.18. The van der Waals surface area contributed by atoms with Crippen LogP contribution in [0.15, 0.2) is 18.3 Å². The first-order valence-corrected chi connectivity index (χ1v) is 4.85. The SMILES string of the molecule is CN(CCN)C(=O)c1ccc(C(F)(F)F)cn1. The minimum Gasteiger partial charge on any atom is -0.339 e. The Labute approximate surface area is 96.2 Å². The van der Waals surface area contributed by atoms with E-state index in [1.54, 1.807) is 0 Å². The summed E-state index contributed by atoms with van der Waals surface area (Å²) in [4.78, 5) is 16.4. The number of hydrogen-bond acceptors (Lipinski definition) is 3. The number of likely N-dealkylation sites (N-methyl/N-ethyl adjacent to an activating group) is 1. The lowest BCUT2D eigenvalue weighted by Crippen LogP contribution is -2.32. The van der Waals surface area contributed by atoms with Gasteiger partial charge in [-0.15, -0.1) is 0 Å². The van der Waals surface area contributed by atoms with E-state index in [2.05, 4.69) is 4.98 Å². The fraction of sp³-hybridized carbons (Fsp3) is 0.400. The number of aromatic nitrogens is 1. The molecular formula is C10H12F3N3O. The van der Waals surface area contributed by atoms with Gasteiger partial charge in [-0.25, -0.2) is 0 Å². The van der Waals surface area contributed by atoms with E-state index in [1.165, 1.54) is 11.9 Å². The average Bonchev–Trinajstić information content (AvgIpc) is 2.27. The highest BCUT2D eigenvalue weighted by molar-refractivity contribution is 5.92. The van der Waals surface area contributed by atoms with Gasteiger partial charge >= 0.3 is 6.18 Å². The minimum atomic E-state index is -4.45. The summed E-state index contributed by atoms with van der Waals surface area (Å²) in [5, 5.41) is 0. The molecule has 0 aromatic carbocycles. The van der Waals surface area contributed by atoms with Crippen molar-refractivity contribution in [3.05, 3.63) is 29.6 Å². The second kappa shape index (κ2) is 5.13. The van der Waals surface area contributed by atoms with Gasteiger partial charge in [0, 0.05) is 26.3 Å². The molecule has 4 nitrogen and oxygen atoms in total. The summed E-state index contributed by atoms with van der Waals surface area (Å²) in [6.07, 6.45) is -3.80. The smallest absolute Gasteiger partial charge is 0.339 e. The van der Waals surface area contributed by atoms with Crippen LogP contribution in [-0.2, 0) is 6.18 Å². The molecule has 0 bridgehead atoms. The number of amides is 1. The van der Waals surface area contributed by atoms with Crippen LogP contribution in [-0.4, -0.2) is 35.9 Å². The zero-order valence-corrected chi connectivity index (χ0v) is 9.16. The summed E-state index contributed by atoms with van der Waals surface area (Å²) in [7, 11) is 1.51. The van der Waals surface area contributed by atoms with E-state index >= 15 is 0 Å². The summed E-state index contributed by atoms with van der Waals surface area (Å²) in [5.41, 5.74) is 4.35. The molecular weight excluding hydrogens is 235 g/mol. The van der Waals surface area contributed by atoms with Gasteiger partial charge in [0.25, 0.3) is 5.91 Å². The van der Waals surface area contributed by atoms with Gasteiger partial charge in [0.1, 0.15) is 5.69 Å². The first kappa shape index (κ1) is 13.4. The van der Waals surface area contributed by atoms with E-state index in [0.29, 0.717) is 12.7 Å². The van der Waals surface area contributed by atoms with Crippen LogP contribution in [0.4, 0.5) is 13.2 Å². The van der Waals surface area contributed by atoms with Crippen LogP contribution in [0.25, 0.3) is 0 Å². The number of hydrogen-bond donors (Lipinski definition) is 1. The molecule has 1 amide bonds. The lowest BCUT2D eigenvalue weighted by atomic mass is 10.2. The number of pyridine rings is 1. The Balaban J connectivity index is 2.84. The summed E-state index contributed by atoms with van der Waals surface area (Å²) in [6, 6.07) is 1.88. The van der Waals surface area contributed by atoms with Gasteiger partial charge in [-0.2, -0.15) is 13.2 Å². The molecule has 1 rings (SSSR count). The summed E-state index contributed by atoms with van der Waals surface area (Å²) in [5.74, 6) is -0.454. The predicted octanol–water partition coefficient (Wildman–Crippen LogP) is 1.13. The molecule has 17 heavy (non-hydrogen) atoms. The molecule has 0 spiro atoms. The van der Waals surface area contributed by atoms with Crippen LogP contribution < -0.4 is 5.73 Å². The molecule has 0 radical (unpaired) electrons. The van der Waals surface area contributed by atoms with Gasteiger partial charge in [0.2, 0.25) is 0 Å². The monoisotopic (exact) mass is 247 g/mol. The fourth-order valence-corrected chi connectivity index (χ4v) is 1.18. The molecule has 2 N–H and O–H groups in total. The predicted molar refractivity (Wildman–Crippen MR) is 55.3 cm³/mol.